The molecule has 0 aliphatic carbocycles. The van der Waals surface area contributed by atoms with Gasteiger partial charge in [-0.15, -0.1) is 0 Å². The Balaban J connectivity index is 1.66. The number of furan rings is 1. The lowest BCUT2D eigenvalue weighted by Crippen LogP contribution is -2.54. The van der Waals surface area contributed by atoms with Gasteiger partial charge >= 0.3 is 5.91 Å². The van der Waals surface area contributed by atoms with Crippen molar-refractivity contribution < 1.29 is 18.8 Å². The predicted molar refractivity (Wildman–Crippen MR) is 109 cm³/mol. The molecule has 1 atom stereocenters. The summed E-state index contributed by atoms with van der Waals surface area (Å²) in [7, 11) is 0. The van der Waals surface area contributed by atoms with Gasteiger partial charge in [0.05, 0.1) is 0 Å². The van der Waals surface area contributed by atoms with Gasteiger partial charge in [0.1, 0.15) is 11.6 Å². The van der Waals surface area contributed by atoms with Gasteiger partial charge in [-0.2, -0.15) is 0 Å². The van der Waals surface area contributed by atoms with E-state index in [9.17, 15) is 14.4 Å². The van der Waals surface area contributed by atoms with E-state index in [0.717, 1.165) is 5.39 Å². The van der Waals surface area contributed by atoms with Crippen LogP contribution in [0.1, 0.15) is 40.3 Å². The van der Waals surface area contributed by atoms with E-state index in [4.69, 9.17) is 4.42 Å². The van der Waals surface area contributed by atoms with Crippen LogP contribution < -0.4 is 16.2 Å². The molecule has 7 heteroatoms. The quantitative estimate of drug-likeness (QED) is 0.580. The lowest BCUT2D eigenvalue weighted by atomic mass is 10.0. The SMILES string of the molecule is Cc1c(C(=O)NNC(=O)C(NC(=O)c2ccccc2)C(C)C)oc2ccccc12. The first kappa shape index (κ1) is 20.1. The van der Waals surface area contributed by atoms with Gasteiger partial charge in [0, 0.05) is 16.5 Å². The molecular formula is C22H23N3O4. The van der Waals surface area contributed by atoms with Crippen molar-refractivity contribution in [2.75, 3.05) is 0 Å². The van der Waals surface area contributed by atoms with Crippen LogP contribution in [0.2, 0.25) is 0 Å². The molecule has 0 spiro atoms. The molecule has 0 saturated heterocycles. The van der Waals surface area contributed by atoms with Crippen molar-refractivity contribution >= 4 is 28.7 Å². The molecule has 7 nitrogen and oxygen atoms in total. The fourth-order valence-corrected chi connectivity index (χ4v) is 2.99. The molecule has 29 heavy (non-hydrogen) atoms. The Bertz CT molecular complexity index is 1040. The summed E-state index contributed by atoms with van der Waals surface area (Å²) in [6.45, 7) is 5.39. The zero-order valence-corrected chi connectivity index (χ0v) is 16.5. The second kappa shape index (κ2) is 8.60. The maximum atomic E-state index is 12.6. The molecule has 0 aliphatic heterocycles. The summed E-state index contributed by atoms with van der Waals surface area (Å²) in [5.74, 6) is -1.51. The van der Waals surface area contributed by atoms with E-state index in [1.807, 2.05) is 18.2 Å². The fourth-order valence-electron chi connectivity index (χ4n) is 2.99. The van der Waals surface area contributed by atoms with E-state index in [0.29, 0.717) is 16.7 Å². The summed E-state index contributed by atoms with van der Waals surface area (Å²) in [5.41, 5.74) is 6.47. The van der Waals surface area contributed by atoms with Crippen molar-refractivity contribution in [2.24, 2.45) is 5.92 Å². The van der Waals surface area contributed by atoms with Gasteiger partial charge < -0.3 is 9.73 Å². The Morgan fingerprint density at radius 3 is 2.17 bits per heavy atom. The molecule has 3 aromatic rings. The Morgan fingerprint density at radius 2 is 1.52 bits per heavy atom. The largest absolute Gasteiger partial charge is 0.451 e. The van der Waals surface area contributed by atoms with E-state index < -0.39 is 17.9 Å². The monoisotopic (exact) mass is 393 g/mol. The van der Waals surface area contributed by atoms with E-state index in [-0.39, 0.29) is 17.6 Å². The van der Waals surface area contributed by atoms with Crippen molar-refractivity contribution in [3.8, 4) is 0 Å². The highest BCUT2D eigenvalue weighted by molar-refractivity contribution is 6.01. The molecule has 0 radical (unpaired) electrons. The minimum Gasteiger partial charge on any atom is -0.451 e. The van der Waals surface area contributed by atoms with E-state index >= 15 is 0 Å². The molecule has 0 bridgehead atoms. The van der Waals surface area contributed by atoms with Crippen LogP contribution in [-0.2, 0) is 4.79 Å². The maximum Gasteiger partial charge on any atom is 0.305 e. The number of hydrogen-bond acceptors (Lipinski definition) is 4. The minimum absolute atomic E-state index is 0.126. The van der Waals surface area contributed by atoms with Crippen molar-refractivity contribution in [1.29, 1.82) is 0 Å². The number of para-hydroxylation sites is 1. The van der Waals surface area contributed by atoms with E-state index in [1.54, 1.807) is 57.2 Å². The molecule has 3 rings (SSSR count). The number of rotatable bonds is 5. The smallest absolute Gasteiger partial charge is 0.305 e. The highest BCUT2D eigenvalue weighted by Crippen LogP contribution is 2.24. The van der Waals surface area contributed by atoms with Gasteiger partial charge in [-0.3, -0.25) is 25.2 Å². The van der Waals surface area contributed by atoms with Gasteiger partial charge in [0.25, 0.3) is 11.8 Å². The third-order valence-corrected chi connectivity index (χ3v) is 4.62. The number of carbonyl (C=O) groups excluding carboxylic acids is 3. The highest BCUT2D eigenvalue weighted by Gasteiger charge is 2.26. The lowest BCUT2D eigenvalue weighted by molar-refractivity contribution is -0.124. The first-order valence-corrected chi connectivity index (χ1v) is 9.32. The topological polar surface area (TPSA) is 100 Å². The molecule has 0 saturated carbocycles. The zero-order chi connectivity index (χ0) is 21.0. The van der Waals surface area contributed by atoms with E-state index in [1.165, 1.54) is 0 Å². The van der Waals surface area contributed by atoms with Crippen LogP contribution in [0, 0.1) is 12.8 Å². The third-order valence-electron chi connectivity index (χ3n) is 4.62. The van der Waals surface area contributed by atoms with Gasteiger partial charge in [0.15, 0.2) is 5.76 Å². The van der Waals surface area contributed by atoms with Crippen molar-refractivity contribution in [2.45, 2.75) is 26.8 Å². The average molecular weight is 393 g/mol. The van der Waals surface area contributed by atoms with Gasteiger partial charge in [-0.1, -0.05) is 50.2 Å². The van der Waals surface area contributed by atoms with Crippen LogP contribution in [-0.4, -0.2) is 23.8 Å². The van der Waals surface area contributed by atoms with Crippen LogP contribution in [0.3, 0.4) is 0 Å². The average Bonchev–Trinajstić information content (AvgIpc) is 3.07. The van der Waals surface area contributed by atoms with Crippen molar-refractivity contribution in [1.82, 2.24) is 16.2 Å². The lowest BCUT2D eigenvalue weighted by Gasteiger charge is -2.21. The van der Waals surface area contributed by atoms with Crippen LogP contribution >= 0.6 is 0 Å². The predicted octanol–water partition coefficient (Wildman–Crippen LogP) is 2.96. The maximum absolute atomic E-state index is 12.6. The van der Waals surface area contributed by atoms with Crippen LogP contribution in [0.25, 0.3) is 11.0 Å². The molecule has 3 amide bonds. The number of carbonyl (C=O) groups is 3. The Labute approximate surface area is 168 Å². The van der Waals surface area contributed by atoms with Crippen molar-refractivity contribution in [3.05, 3.63) is 71.5 Å². The second-order valence-electron chi connectivity index (χ2n) is 7.06. The highest BCUT2D eigenvalue weighted by atomic mass is 16.3. The number of fused-ring (bicyclic) bond motifs is 1. The first-order valence-electron chi connectivity index (χ1n) is 9.32. The molecule has 3 N–H and O–H groups in total. The normalized spacial score (nSPS) is 11.9. The Hall–Kier alpha value is -3.61. The number of nitrogens with one attached hydrogen (secondary N) is 3. The minimum atomic E-state index is -0.820. The summed E-state index contributed by atoms with van der Waals surface area (Å²) in [4.78, 5) is 37.4. The summed E-state index contributed by atoms with van der Waals surface area (Å²) in [5, 5.41) is 3.54. The molecule has 0 fully saturated rings. The number of hydrazine groups is 1. The summed E-state index contributed by atoms with van der Waals surface area (Å²) in [6, 6.07) is 15.1. The Morgan fingerprint density at radius 1 is 0.862 bits per heavy atom. The number of benzene rings is 2. The summed E-state index contributed by atoms with van der Waals surface area (Å²) in [6.07, 6.45) is 0. The standard InChI is InChI=1S/C22H23N3O4/c1-13(2)18(23-20(26)15-9-5-4-6-10-15)21(27)24-25-22(28)19-14(3)16-11-7-8-12-17(16)29-19/h4-13,18H,1-3H3,(H,23,26)(H,24,27)(H,25,28). The molecule has 1 unspecified atom stereocenters. The van der Waals surface area contributed by atoms with Gasteiger partial charge in [-0.25, -0.2) is 0 Å². The zero-order valence-electron chi connectivity index (χ0n) is 16.5. The number of hydrogen-bond donors (Lipinski definition) is 3. The molecule has 1 heterocycles. The van der Waals surface area contributed by atoms with Crippen LogP contribution in [0.4, 0.5) is 0 Å². The van der Waals surface area contributed by atoms with Gasteiger partial charge in [0.2, 0.25) is 0 Å². The molecule has 2 aromatic carbocycles. The van der Waals surface area contributed by atoms with Crippen LogP contribution in [0.15, 0.2) is 59.0 Å². The number of amides is 3. The Kier molecular flexibility index (Phi) is 5.97. The second-order valence-corrected chi connectivity index (χ2v) is 7.06. The van der Waals surface area contributed by atoms with Crippen molar-refractivity contribution in [3.63, 3.8) is 0 Å². The summed E-state index contributed by atoms with van der Waals surface area (Å²) >= 11 is 0. The summed E-state index contributed by atoms with van der Waals surface area (Å²) < 4.78 is 5.59. The molecular weight excluding hydrogens is 370 g/mol. The van der Waals surface area contributed by atoms with E-state index in [2.05, 4.69) is 16.2 Å². The fraction of sp³-hybridized carbons (Fsp3) is 0.227. The third kappa shape index (κ3) is 4.45. The number of aryl methyl sites for hydroxylation is 1. The first-order chi connectivity index (χ1) is 13.9. The van der Waals surface area contributed by atoms with Gasteiger partial charge in [-0.05, 0) is 31.0 Å². The molecule has 150 valence electrons. The molecule has 1 aromatic heterocycles. The van der Waals surface area contributed by atoms with Crippen LogP contribution in [0.5, 0.6) is 0 Å². The molecule has 0 aliphatic rings.